The van der Waals surface area contributed by atoms with Crippen LogP contribution < -0.4 is 17.1 Å². The number of para-hydroxylation sites is 1. The summed E-state index contributed by atoms with van der Waals surface area (Å²) >= 11 is 0. The second-order valence-corrected chi connectivity index (χ2v) is 8.72. The van der Waals surface area contributed by atoms with Gasteiger partial charge in [0, 0.05) is 18.8 Å². The Labute approximate surface area is 184 Å². The molecule has 2 rings (SSSR count). The molecule has 0 aromatic heterocycles. The van der Waals surface area contributed by atoms with Gasteiger partial charge in [0.1, 0.15) is 31.5 Å². The van der Waals surface area contributed by atoms with Crippen molar-refractivity contribution in [2.45, 2.75) is 46.6 Å². The lowest BCUT2D eigenvalue weighted by Crippen LogP contribution is -3.00. The Bertz CT molecular complexity index is 663. The lowest BCUT2D eigenvalue weighted by Gasteiger charge is -2.40. The molecule has 29 heavy (non-hydrogen) atoms. The van der Waals surface area contributed by atoms with Crippen molar-refractivity contribution in [1.29, 1.82) is 0 Å². The van der Waals surface area contributed by atoms with Crippen molar-refractivity contribution in [3.05, 3.63) is 66.2 Å². The molecular weight excluding hydrogens is 382 g/mol. The lowest BCUT2D eigenvalue weighted by molar-refractivity contribution is -1.11. The maximum absolute atomic E-state index is 6.51. The fourth-order valence-corrected chi connectivity index (χ4v) is 3.88. The average molecular weight is 420 g/mol. The monoisotopic (exact) mass is 419 g/mol. The third-order valence-electron chi connectivity index (χ3n) is 5.04. The van der Waals surface area contributed by atoms with Crippen molar-refractivity contribution in [3.8, 4) is 5.75 Å². The van der Waals surface area contributed by atoms with Gasteiger partial charge in [0.05, 0.1) is 7.05 Å². The highest BCUT2D eigenvalue weighted by molar-refractivity contribution is 5.20. The van der Waals surface area contributed by atoms with Gasteiger partial charge < -0.3 is 17.1 Å². The van der Waals surface area contributed by atoms with Crippen LogP contribution in [0.4, 0.5) is 0 Å². The Morgan fingerprint density at radius 1 is 0.793 bits per heavy atom. The molecule has 2 atom stereocenters. The van der Waals surface area contributed by atoms with Crippen LogP contribution in [0.2, 0.25) is 0 Å². The first kappa shape index (κ1) is 25.5. The number of hydroxylamine groups is 3. The number of benzene rings is 2. The molecular formula is C25H38ClNO2. The van der Waals surface area contributed by atoms with Crippen LogP contribution in [0, 0.1) is 11.8 Å². The highest BCUT2D eigenvalue weighted by Gasteiger charge is 2.36. The number of quaternary nitrogens is 1. The van der Waals surface area contributed by atoms with Gasteiger partial charge in [0.25, 0.3) is 0 Å². The molecule has 0 spiro atoms. The lowest BCUT2D eigenvalue weighted by atomic mass is 9.95. The molecule has 0 N–H and O–H groups in total. The first-order valence-corrected chi connectivity index (χ1v) is 10.6. The van der Waals surface area contributed by atoms with Crippen molar-refractivity contribution in [3.63, 3.8) is 0 Å². The van der Waals surface area contributed by atoms with E-state index in [1.807, 2.05) is 30.3 Å². The van der Waals surface area contributed by atoms with E-state index < -0.39 is 0 Å². The summed E-state index contributed by atoms with van der Waals surface area (Å²) in [5, 5.41) is 0. The van der Waals surface area contributed by atoms with Crippen molar-refractivity contribution >= 4 is 0 Å². The number of hydrogen-bond acceptors (Lipinski definition) is 2. The van der Waals surface area contributed by atoms with Gasteiger partial charge in [-0.15, -0.1) is 0 Å². The third-order valence-corrected chi connectivity index (χ3v) is 5.04. The predicted molar refractivity (Wildman–Crippen MR) is 117 cm³/mol. The summed E-state index contributed by atoms with van der Waals surface area (Å²) in [4.78, 5) is 6.51. The normalized spacial score (nSPS) is 14.3. The number of ether oxygens (including phenoxy) is 1. The van der Waals surface area contributed by atoms with Gasteiger partial charge in [-0.05, 0) is 23.6 Å². The molecule has 4 heteroatoms. The van der Waals surface area contributed by atoms with E-state index in [4.69, 9.17) is 9.57 Å². The number of rotatable bonds is 12. The molecule has 0 bridgehead atoms. The second-order valence-electron chi connectivity index (χ2n) is 8.72. The summed E-state index contributed by atoms with van der Waals surface area (Å²) < 4.78 is 6.48. The first-order valence-electron chi connectivity index (χ1n) is 10.6. The molecule has 0 radical (unpaired) electrons. The molecule has 0 saturated heterocycles. The minimum absolute atomic E-state index is 0. The van der Waals surface area contributed by atoms with E-state index in [1.165, 1.54) is 5.56 Å². The third kappa shape index (κ3) is 9.20. The van der Waals surface area contributed by atoms with E-state index in [9.17, 15) is 0 Å². The Hall–Kier alpha value is -1.55. The van der Waals surface area contributed by atoms with Crippen LogP contribution >= 0.6 is 0 Å². The zero-order chi connectivity index (χ0) is 20.4. The number of halogens is 1. The Balaban J connectivity index is 0.00000420. The summed E-state index contributed by atoms with van der Waals surface area (Å²) in [6, 6.07) is 21.2. The van der Waals surface area contributed by atoms with Crippen LogP contribution in [-0.2, 0) is 11.3 Å². The maximum atomic E-state index is 6.51. The van der Waals surface area contributed by atoms with Gasteiger partial charge in [0.2, 0.25) is 0 Å². The van der Waals surface area contributed by atoms with E-state index >= 15 is 0 Å². The summed E-state index contributed by atoms with van der Waals surface area (Å²) in [6.07, 6.45) is 2.17. The Morgan fingerprint density at radius 2 is 1.38 bits per heavy atom. The molecule has 0 aliphatic rings. The van der Waals surface area contributed by atoms with E-state index in [2.05, 4.69) is 65.1 Å². The van der Waals surface area contributed by atoms with Crippen molar-refractivity contribution in [1.82, 2.24) is 0 Å². The molecule has 0 aliphatic heterocycles. The van der Waals surface area contributed by atoms with E-state index in [0.717, 1.165) is 25.1 Å². The molecule has 0 aliphatic carbocycles. The first-order chi connectivity index (χ1) is 13.4. The molecule has 0 saturated carbocycles. The van der Waals surface area contributed by atoms with Gasteiger partial charge in [0.15, 0.2) is 0 Å². The van der Waals surface area contributed by atoms with E-state index in [-0.39, 0.29) is 12.4 Å². The highest BCUT2D eigenvalue weighted by Crippen LogP contribution is 2.25. The molecule has 2 aromatic rings. The van der Waals surface area contributed by atoms with Crippen molar-refractivity contribution < 1.29 is 26.6 Å². The van der Waals surface area contributed by atoms with Crippen LogP contribution in [0.3, 0.4) is 0 Å². The van der Waals surface area contributed by atoms with Gasteiger partial charge >= 0.3 is 0 Å². The minimum Gasteiger partial charge on any atom is -1.00 e. The summed E-state index contributed by atoms with van der Waals surface area (Å²) in [5.74, 6) is 2.08. The van der Waals surface area contributed by atoms with Gasteiger partial charge in [-0.3, -0.25) is 0 Å². The van der Waals surface area contributed by atoms with Gasteiger partial charge in [-0.1, -0.05) is 76.2 Å². The quantitative estimate of drug-likeness (QED) is 0.299. The number of nitrogens with zero attached hydrogens (tertiary/aromatic N) is 1. The van der Waals surface area contributed by atoms with Gasteiger partial charge in [-0.2, -0.15) is 9.48 Å². The van der Waals surface area contributed by atoms with E-state index in [1.54, 1.807) is 0 Å². The summed E-state index contributed by atoms with van der Waals surface area (Å²) in [6.45, 7) is 11.3. The smallest absolute Gasteiger partial charge is 0.140 e. The summed E-state index contributed by atoms with van der Waals surface area (Å²) in [7, 11) is 2.25. The van der Waals surface area contributed by atoms with Crippen molar-refractivity contribution in [2.75, 3.05) is 26.8 Å². The fraction of sp³-hybridized carbons (Fsp3) is 0.520. The van der Waals surface area contributed by atoms with Crippen molar-refractivity contribution in [2.24, 2.45) is 11.8 Å². The largest absolute Gasteiger partial charge is 1.00 e. The Morgan fingerprint density at radius 3 is 1.93 bits per heavy atom. The zero-order valence-electron chi connectivity index (χ0n) is 18.7. The minimum atomic E-state index is 0. The molecule has 0 fully saturated rings. The molecule has 3 nitrogen and oxygen atoms in total. The molecule has 2 aromatic carbocycles. The molecule has 0 heterocycles. The molecule has 2 unspecified atom stereocenters. The van der Waals surface area contributed by atoms with E-state index in [0.29, 0.717) is 35.7 Å². The highest BCUT2D eigenvalue weighted by atomic mass is 35.5. The Kier molecular flexibility index (Phi) is 11.3. The maximum Gasteiger partial charge on any atom is 0.140 e. The zero-order valence-corrected chi connectivity index (χ0v) is 19.4. The molecule has 162 valence electrons. The predicted octanol–water partition coefficient (Wildman–Crippen LogP) is 2.76. The molecule has 0 amide bonds. The van der Waals surface area contributed by atoms with Crippen LogP contribution in [0.15, 0.2) is 60.7 Å². The van der Waals surface area contributed by atoms with Crippen LogP contribution in [0.1, 0.15) is 39.7 Å². The van der Waals surface area contributed by atoms with Crippen LogP contribution in [0.25, 0.3) is 0 Å². The summed E-state index contributed by atoms with van der Waals surface area (Å²) in [5.41, 5.74) is 1.38. The van der Waals surface area contributed by atoms with Crippen LogP contribution in [0.5, 0.6) is 5.75 Å². The topological polar surface area (TPSA) is 18.5 Å². The SMILES string of the molecule is CC(C)CC(Cc1ccccc1)[N+](C)(CC(C)C)OCCOc1ccccc1.[Cl-]. The average Bonchev–Trinajstić information content (AvgIpc) is 2.65. The standard InChI is InChI=1S/C25H38NO2.ClH/c1-21(2)18-24(19-23-12-8-6-9-13-23)26(5,20-22(3)4)28-17-16-27-25-14-10-7-11-15-25;/h6-15,21-22,24H,16-20H2,1-5H3;1H/q+1;/p-1. The fourth-order valence-electron chi connectivity index (χ4n) is 3.88. The number of likely N-dealkylation sites (N-methyl/N-ethyl adjacent to an activating group) is 1. The number of hydrogen-bond donors (Lipinski definition) is 0. The second kappa shape index (κ2) is 12.9. The van der Waals surface area contributed by atoms with Crippen LogP contribution in [-0.4, -0.2) is 37.5 Å². The van der Waals surface area contributed by atoms with Gasteiger partial charge in [-0.25, -0.2) is 0 Å².